The van der Waals surface area contributed by atoms with Gasteiger partial charge in [0, 0.05) is 23.4 Å². The molecule has 0 saturated heterocycles. The zero-order valence-electron chi connectivity index (χ0n) is 6.93. The average Bonchev–Trinajstić information content (AvgIpc) is 2.17. The molecule has 5 heteroatoms. The maximum Gasteiger partial charge on any atom is 0.319 e. The van der Waals surface area contributed by atoms with Crippen LogP contribution in [-0.4, -0.2) is 23.3 Å². The van der Waals surface area contributed by atoms with Crippen molar-refractivity contribution in [2.24, 2.45) is 5.73 Å². The van der Waals surface area contributed by atoms with Crippen LogP contribution in [0.3, 0.4) is 0 Å². The van der Waals surface area contributed by atoms with Gasteiger partial charge in [0.1, 0.15) is 0 Å². The summed E-state index contributed by atoms with van der Waals surface area (Å²) in [5.41, 5.74) is 6.06. The Morgan fingerprint density at radius 1 is 1.69 bits per heavy atom. The first kappa shape index (κ1) is 8.37. The topological polar surface area (TPSA) is 59.2 Å². The molecule has 0 fully saturated rings. The van der Waals surface area contributed by atoms with Crippen LogP contribution < -0.4 is 10.6 Å². The molecule has 0 atom stereocenters. The molecule has 1 aromatic heterocycles. The fourth-order valence-electron chi connectivity index (χ4n) is 1.29. The van der Waals surface area contributed by atoms with Crippen LogP contribution in [0.1, 0.15) is 0 Å². The van der Waals surface area contributed by atoms with Crippen molar-refractivity contribution in [2.45, 2.75) is 4.90 Å². The van der Waals surface area contributed by atoms with Crippen LogP contribution in [0.5, 0.6) is 0 Å². The molecule has 1 aliphatic rings. The van der Waals surface area contributed by atoms with E-state index in [4.69, 9.17) is 5.73 Å². The molecule has 0 radical (unpaired) electrons. The summed E-state index contributed by atoms with van der Waals surface area (Å²) in [6, 6.07) is 1.49. The highest BCUT2D eigenvalue weighted by Gasteiger charge is 2.20. The Balaban J connectivity index is 2.42. The van der Waals surface area contributed by atoms with Crippen LogP contribution in [-0.2, 0) is 0 Å². The predicted octanol–water partition coefficient (Wildman–Crippen LogP) is 1.07. The van der Waals surface area contributed by atoms with Gasteiger partial charge in [-0.2, -0.15) is 0 Å². The second kappa shape index (κ2) is 3.26. The number of carbonyl (C=O) groups excluding carboxylic acids is 1. The molecule has 2 heterocycles. The number of hydrogen-bond acceptors (Lipinski definition) is 3. The maximum absolute atomic E-state index is 11.0. The third-order valence-corrected chi connectivity index (χ3v) is 2.93. The number of nitrogens with two attached hydrogens (primary N) is 1. The molecule has 2 amide bonds. The minimum atomic E-state index is -0.408. The lowest BCUT2D eigenvalue weighted by Crippen LogP contribution is -2.39. The largest absolute Gasteiger partial charge is 0.351 e. The fraction of sp³-hybridized carbons (Fsp3) is 0.250. The molecule has 68 valence electrons. The van der Waals surface area contributed by atoms with Crippen LogP contribution >= 0.6 is 11.8 Å². The van der Waals surface area contributed by atoms with E-state index in [1.165, 1.54) is 0 Å². The fourth-order valence-corrected chi connectivity index (χ4v) is 2.26. The zero-order chi connectivity index (χ0) is 9.26. The van der Waals surface area contributed by atoms with Crippen molar-refractivity contribution in [1.29, 1.82) is 0 Å². The number of anilines is 1. The molecule has 0 aliphatic carbocycles. The molecule has 13 heavy (non-hydrogen) atoms. The van der Waals surface area contributed by atoms with Crippen molar-refractivity contribution in [1.82, 2.24) is 4.98 Å². The molecule has 0 aromatic carbocycles. The number of hydrogen-bond donors (Lipinski definition) is 1. The van der Waals surface area contributed by atoms with Crippen molar-refractivity contribution < 1.29 is 4.79 Å². The van der Waals surface area contributed by atoms with E-state index in [2.05, 4.69) is 4.98 Å². The highest BCUT2D eigenvalue weighted by atomic mass is 32.2. The summed E-state index contributed by atoms with van der Waals surface area (Å²) in [7, 11) is 0. The van der Waals surface area contributed by atoms with Crippen LogP contribution in [0.25, 0.3) is 0 Å². The Morgan fingerprint density at radius 2 is 2.54 bits per heavy atom. The van der Waals surface area contributed by atoms with E-state index in [9.17, 15) is 4.79 Å². The van der Waals surface area contributed by atoms with Gasteiger partial charge in [0.25, 0.3) is 0 Å². The minimum absolute atomic E-state index is 0.408. The smallest absolute Gasteiger partial charge is 0.319 e. The molecular weight excluding hydrogens is 186 g/mol. The van der Waals surface area contributed by atoms with Crippen LogP contribution in [0.4, 0.5) is 10.5 Å². The summed E-state index contributed by atoms with van der Waals surface area (Å²) in [5, 5.41) is 0. The molecule has 1 aliphatic heterocycles. The van der Waals surface area contributed by atoms with Crippen molar-refractivity contribution in [3.8, 4) is 0 Å². The first-order chi connectivity index (χ1) is 6.29. The Morgan fingerprint density at radius 3 is 3.31 bits per heavy atom. The van der Waals surface area contributed by atoms with Gasteiger partial charge >= 0.3 is 6.03 Å². The van der Waals surface area contributed by atoms with Gasteiger partial charge in [-0.25, -0.2) is 4.79 Å². The lowest BCUT2D eigenvalue weighted by molar-refractivity contribution is 0.254. The minimum Gasteiger partial charge on any atom is -0.351 e. The van der Waals surface area contributed by atoms with E-state index in [1.54, 1.807) is 29.1 Å². The van der Waals surface area contributed by atoms with Crippen molar-refractivity contribution in [3.63, 3.8) is 0 Å². The molecule has 0 spiro atoms. The number of thioether (sulfide) groups is 1. The third kappa shape index (κ3) is 1.47. The van der Waals surface area contributed by atoms with E-state index in [-0.39, 0.29) is 0 Å². The molecule has 2 rings (SSSR count). The highest BCUT2D eigenvalue weighted by molar-refractivity contribution is 7.99. The van der Waals surface area contributed by atoms with Gasteiger partial charge in [0.15, 0.2) is 0 Å². The van der Waals surface area contributed by atoms with Gasteiger partial charge in [-0.3, -0.25) is 9.88 Å². The quantitative estimate of drug-likeness (QED) is 0.673. The van der Waals surface area contributed by atoms with E-state index in [0.717, 1.165) is 16.3 Å². The summed E-state index contributed by atoms with van der Waals surface area (Å²) < 4.78 is 0. The summed E-state index contributed by atoms with van der Waals surface area (Å²) in [4.78, 5) is 17.6. The van der Waals surface area contributed by atoms with Crippen LogP contribution in [0.15, 0.2) is 23.4 Å². The van der Waals surface area contributed by atoms with Crippen molar-refractivity contribution >= 4 is 23.5 Å². The third-order valence-electron chi connectivity index (χ3n) is 1.89. The number of aromatic nitrogens is 1. The van der Waals surface area contributed by atoms with Gasteiger partial charge < -0.3 is 5.73 Å². The van der Waals surface area contributed by atoms with Gasteiger partial charge in [0.2, 0.25) is 0 Å². The second-order valence-electron chi connectivity index (χ2n) is 2.68. The second-order valence-corrected chi connectivity index (χ2v) is 3.82. The average molecular weight is 195 g/mol. The number of fused-ring (bicyclic) bond motifs is 1. The molecule has 2 N–H and O–H groups in total. The lowest BCUT2D eigenvalue weighted by Gasteiger charge is -2.26. The normalized spacial score (nSPS) is 15.2. The van der Waals surface area contributed by atoms with Gasteiger partial charge in [-0.15, -0.1) is 11.8 Å². The number of nitrogens with zero attached hydrogens (tertiary/aromatic N) is 2. The van der Waals surface area contributed by atoms with E-state index in [1.807, 2.05) is 6.07 Å². The number of carbonyl (C=O) groups is 1. The molecule has 4 nitrogen and oxygen atoms in total. The predicted molar refractivity (Wildman–Crippen MR) is 51.9 cm³/mol. The standard InChI is InChI=1S/C8H9N3OS/c9-8(12)11-3-4-13-7-1-2-10-5-6(7)11/h1-2,5H,3-4H2,(H2,9,12). The Bertz CT molecular complexity index is 342. The molecule has 0 bridgehead atoms. The van der Waals surface area contributed by atoms with Crippen LogP contribution in [0, 0.1) is 0 Å². The lowest BCUT2D eigenvalue weighted by atomic mass is 10.3. The Kier molecular flexibility index (Phi) is 2.10. The summed E-state index contributed by atoms with van der Waals surface area (Å²) in [6.45, 7) is 0.665. The SMILES string of the molecule is NC(=O)N1CCSc2ccncc21. The summed E-state index contributed by atoms with van der Waals surface area (Å²) in [6.07, 6.45) is 3.39. The Labute approximate surface area is 80.1 Å². The first-order valence-electron chi connectivity index (χ1n) is 3.93. The molecule has 0 saturated carbocycles. The first-order valence-corrected chi connectivity index (χ1v) is 4.91. The number of urea groups is 1. The van der Waals surface area contributed by atoms with Gasteiger partial charge in [-0.1, -0.05) is 0 Å². The van der Waals surface area contributed by atoms with E-state index >= 15 is 0 Å². The number of rotatable bonds is 0. The maximum atomic E-state index is 11.0. The summed E-state index contributed by atoms with van der Waals surface area (Å²) >= 11 is 1.72. The van der Waals surface area contributed by atoms with Crippen LogP contribution in [0.2, 0.25) is 0 Å². The van der Waals surface area contributed by atoms with Gasteiger partial charge in [-0.05, 0) is 6.07 Å². The van der Waals surface area contributed by atoms with Crippen molar-refractivity contribution in [3.05, 3.63) is 18.5 Å². The molecular formula is C8H9N3OS. The van der Waals surface area contributed by atoms with Crippen molar-refractivity contribution in [2.75, 3.05) is 17.2 Å². The van der Waals surface area contributed by atoms with E-state index < -0.39 is 6.03 Å². The molecule has 1 aromatic rings. The number of pyridine rings is 1. The molecule has 0 unspecified atom stereocenters. The number of primary amides is 1. The Hall–Kier alpha value is -1.23. The van der Waals surface area contributed by atoms with Gasteiger partial charge in [0.05, 0.1) is 11.9 Å². The highest BCUT2D eigenvalue weighted by Crippen LogP contribution is 2.33. The monoisotopic (exact) mass is 195 g/mol. The van der Waals surface area contributed by atoms with E-state index in [0.29, 0.717) is 6.54 Å². The summed E-state index contributed by atoms with van der Waals surface area (Å²) in [5.74, 6) is 0.889. The number of amides is 2. The zero-order valence-corrected chi connectivity index (χ0v) is 7.75.